The van der Waals surface area contributed by atoms with Crippen LogP contribution in [0.4, 0.5) is 0 Å². The maximum absolute atomic E-state index is 12.9. The number of sulfonamides is 1. The highest BCUT2D eigenvalue weighted by molar-refractivity contribution is 7.89. The Morgan fingerprint density at radius 3 is 1.95 bits per heavy atom. The van der Waals surface area contributed by atoms with Gasteiger partial charge >= 0.3 is 0 Å². The lowest BCUT2D eigenvalue weighted by Gasteiger charge is -2.30. The fourth-order valence-corrected chi connectivity index (χ4v) is 4.26. The van der Waals surface area contributed by atoms with Crippen molar-refractivity contribution in [3.05, 3.63) is 18.2 Å². The quantitative estimate of drug-likeness (QED) is 0.810. The van der Waals surface area contributed by atoms with Gasteiger partial charge in [-0.1, -0.05) is 0 Å². The minimum atomic E-state index is -3.65. The van der Waals surface area contributed by atoms with Crippen LogP contribution in [0.25, 0.3) is 0 Å². The molecule has 6 heteroatoms. The van der Waals surface area contributed by atoms with E-state index in [-0.39, 0.29) is 17.0 Å². The zero-order valence-electron chi connectivity index (χ0n) is 12.9. The van der Waals surface area contributed by atoms with Crippen LogP contribution in [0.1, 0.15) is 27.7 Å². The number of hydrogen-bond acceptors (Lipinski definition) is 4. The Morgan fingerprint density at radius 1 is 1.00 bits per heavy atom. The predicted molar refractivity (Wildman–Crippen MR) is 78.8 cm³/mol. The summed E-state index contributed by atoms with van der Waals surface area (Å²) in [5, 5.41) is 0. The number of methoxy groups -OCH3 is 2. The molecule has 0 saturated carbocycles. The zero-order valence-corrected chi connectivity index (χ0v) is 13.7. The lowest BCUT2D eigenvalue weighted by atomic mass is 10.3. The number of ether oxygens (including phenoxy) is 2. The Labute approximate surface area is 121 Å². The molecule has 0 saturated heterocycles. The van der Waals surface area contributed by atoms with Crippen LogP contribution >= 0.6 is 0 Å². The standard InChI is InChI=1S/C14H23NO4S/c1-10(2)15(11(3)4)20(16,17)14-9-12(18-5)7-8-13(14)19-6/h7-11H,1-6H3. The Kier molecular flexibility index (Phi) is 5.42. The van der Waals surface area contributed by atoms with Crippen molar-refractivity contribution >= 4 is 10.0 Å². The maximum Gasteiger partial charge on any atom is 0.247 e. The Hall–Kier alpha value is -1.27. The van der Waals surface area contributed by atoms with Gasteiger partial charge in [-0.3, -0.25) is 0 Å². The highest BCUT2D eigenvalue weighted by Crippen LogP contribution is 2.32. The summed E-state index contributed by atoms with van der Waals surface area (Å²) < 4.78 is 37.5. The summed E-state index contributed by atoms with van der Waals surface area (Å²) in [5.41, 5.74) is 0. The number of nitrogens with zero attached hydrogens (tertiary/aromatic N) is 1. The predicted octanol–water partition coefficient (Wildman–Crippen LogP) is 2.51. The fraction of sp³-hybridized carbons (Fsp3) is 0.571. The van der Waals surface area contributed by atoms with Crippen molar-refractivity contribution in [3.63, 3.8) is 0 Å². The molecule has 1 rings (SSSR count). The molecule has 5 nitrogen and oxygen atoms in total. The van der Waals surface area contributed by atoms with Gasteiger partial charge in [0.25, 0.3) is 0 Å². The molecular weight excluding hydrogens is 278 g/mol. The van der Waals surface area contributed by atoms with E-state index in [2.05, 4.69) is 0 Å². The minimum absolute atomic E-state index is 0.127. The molecule has 0 atom stereocenters. The summed E-state index contributed by atoms with van der Waals surface area (Å²) in [6.07, 6.45) is 0. The van der Waals surface area contributed by atoms with Gasteiger partial charge in [0.05, 0.1) is 14.2 Å². The van der Waals surface area contributed by atoms with Crippen molar-refractivity contribution in [2.45, 2.75) is 44.7 Å². The average molecular weight is 301 g/mol. The molecule has 0 aromatic heterocycles. The van der Waals surface area contributed by atoms with Crippen molar-refractivity contribution in [1.29, 1.82) is 0 Å². The van der Waals surface area contributed by atoms with Gasteiger partial charge in [0.1, 0.15) is 16.4 Å². The first-order valence-electron chi connectivity index (χ1n) is 6.51. The summed E-state index contributed by atoms with van der Waals surface area (Å²) in [4.78, 5) is 0.127. The van der Waals surface area contributed by atoms with Crippen molar-refractivity contribution < 1.29 is 17.9 Å². The molecule has 0 amide bonds. The van der Waals surface area contributed by atoms with E-state index in [0.29, 0.717) is 11.5 Å². The minimum Gasteiger partial charge on any atom is -0.497 e. The Morgan fingerprint density at radius 2 is 1.55 bits per heavy atom. The van der Waals surface area contributed by atoms with Crippen LogP contribution in [0.15, 0.2) is 23.1 Å². The second-order valence-electron chi connectivity index (χ2n) is 5.04. The number of benzene rings is 1. The molecule has 0 aliphatic carbocycles. The van der Waals surface area contributed by atoms with E-state index in [1.165, 1.54) is 24.6 Å². The van der Waals surface area contributed by atoms with Gasteiger partial charge < -0.3 is 9.47 Å². The van der Waals surface area contributed by atoms with E-state index >= 15 is 0 Å². The highest BCUT2D eigenvalue weighted by Gasteiger charge is 2.32. The van der Waals surface area contributed by atoms with Gasteiger partial charge in [-0.25, -0.2) is 8.42 Å². The van der Waals surface area contributed by atoms with Crippen LogP contribution in [0.5, 0.6) is 11.5 Å². The first-order valence-corrected chi connectivity index (χ1v) is 7.95. The SMILES string of the molecule is COc1ccc(OC)c(S(=O)(=O)N(C(C)C)C(C)C)c1. The molecule has 0 spiro atoms. The molecule has 1 aromatic rings. The second kappa shape index (κ2) is 6.45. The first kappa shape index (κ1) is 16.8. The number of hydrogen-bond donors (Lipinski definition) is 0. The summed E-state index contributed by atoms with van der Waals surface area (Å²) >= 11 is 0. The molecule has 0 heterocycles. The van der Waals surface area contributed by atoms with Gasteiger partial charge in [-0.15, -0.1) is 0 Å². The van der Waals surface area contributed by atoms with Crippen LogP contribution in [-0.4, -0.2) is 39.0 Å². The third-order valence-corrected chi connectivity index (χ3v) is 5.22. The van der Waals surface area contributed by atoms with Crippen LogP contribution in [-0.2, 0) is 10.0 Å². The van der Waals surface area contributed by atoms with E-state index in [1.54, 1.807) is 12.1 Å². The fourth-order valence-electron chi connectivity index (χ4n) is 2.25. The monoisotopic (exact) mass is 301 g/mol. The first-order chi connectivity index (χ1) is 9.25. The molecular formula is C14H23NO4S. The smallest absolute Gasteiger partial charge is 0.247 e. The summed E-state index contributed by atoms with van der Waals surface area (Å²) in [6.45, 7) is 7.41. The largest absolute Gasteiger partial charge is 0.497 e. The summed E-state index contributed by atoms with van der Waals surface area (Å²) in [6, 6.07) is 4.48. The third kappa shape index (κ3) is 3.24. The normalized spacial score (nSPS) is 12.2. The van der Waals surface area contributed by atoms with E-state index in [0.717, 1.165) is 0 Å². The lowest BCUT2D eigenvalue weighted by molar-refractivity contribution is 0.300. The molecule has 0 aliphatic rings. The average Bonchev–Trinajstić information content (AvgIpc) is 2.36. The lowest BCUT2D eigenvalue weighted by Crippen LogP contribution is -2.42. The van der Waals surface area contributed by atoms with Crippen molar-refractivity contribution in [2.75, 3.05) is 14.2 Å². The van der Waals surface area contributed by atoms with Crippen LogP contribution < -0.4 is 9.47 Å². The van der Waals surface area contributed by atoms with Gasteiger partial charge in [-0.05, 0) is 39.8 Å². The molecule has 20 heavy (non-hydrogen) atoms. The Bertz CT molecular complexity index is 544. The van der Waals surface area contributed by atoms with E-state index in [1.807, 2.05) is 27.7 Å². The number of rotatable bonds is 6. The molecule has 0 unspecified atom stereocenters. The van der Waals surface area contributed by atoms with E-state index in [4.69, 9.17) is 9.47 Å². The molecule has 0 fully saturated rings. The molecule has 1 aromatic carbocycles. The summed E-state index contributed by atoms with van der Waals surface area (Å²) in [7, 11) is -0.691. The van der Waals surface area contributed by atoms with Crippen LogP contribution in [0.2, 0.25) is 0 Å². The summed E-state index contributed by atoms with van der Waals surface area (Å²) in [5.74, 6) is 0.800. The van der Waals surface area contributed by atoms with Crippen molar-refractivity contribution in [1.82, 2.24) is 4.31 Å². The Balaban J connectivity index is 3.47. The molecule has 0 aliphatic heterocycles. The maximum atomic E-state index is 12.9. The van der Waals surface area contributed by atoms with E-state index in [9.17, 15) is 8.42 Å². The highest BCUT2D eigenvalue weighted by atomic mass is 32.2. The molecule has 0 bridgehead atoms. The van der Waals surface area contributed by atoms with Gasteiger partial charge in [0, 0.05) is 18.2 Å². The topological polar surface area (TPSA) is 55.8 Å². The third-order valence-electron chi connectivity index (χ3n) is 2.94. The molecule has 114 valence electrons. The molecule has 0 radical (unpaired) electrons. The van der Waals surface area contributed by atoms with Gasteiger partial charge in [-0.2, -0.15) is 4.31 Å². The second-order valence-corrected chi connectivity index (χ2v) is 6.85. The van der Waals surface area contributed by atoms with Gasteiger partial charge in [0.2, 0.25) is 10.0 Å². The van der Waals surface area contributed by atoms with E-state index < -0.39 is 10.0 Å². The van der Waals surface area contributed by atoms with Crippen molar-refractivity contribution in [3.8, 4) is 11.5 Å². The van der Waals surface area contributed by atoms with Crippen LogP contribution in [0, 0.1) is 0 Å². The zero-order chi connectivity index (χ0) is 15.5. The van der Waals surface area contributed by atoms with Gasteiger partial charge in [0.15, 0.2) is 0 Å². The molecule has 0 N–H and O–H groups in total. The van der Waals surface area contributed by atoms with Crippen LogP contribution in [0.3, 0.4) is 0 Å². The van der Waals surface area contributed by atoms with Crippen molar-refractivity contribution in [2.24, 2.45) is 0 Å².